The van der Waals surface area contributed by atoms with Crippen molar-refractivity contribution < 1.29 is 14.7 Å². The van der Waals surface area contributed by atoms with Crippen LogP contribution in [0.2, 0.25) is 0 Å². The fraction of sp³-hybridized carbons (Fsp3) is 0.529. The third-order valence-corrected chi connectivity index (χ3v) is 7.60. The van der Waals surface area contributed by atoms with E-state index in [0.717, 1.165) is 11.3 Å². The largest absolute Gasteiger partial charge is 0.395 e. The zero-order chi connectivity index (χ0) is 17.1. The molecule has 0 saturated heterocycles. The highest BCUT2D eigenvalue weighted by Crippen LogP contribution is 2.55. The molecule has 1 aliphatic heterocycles. The molecule has 0 fully saturated rings. The standard InChI is InChI=1S/C17H23NO3S2/c1-4-11-5-9(2)15-16(10(11)3)22-13(8-20)17(23-15)12(7-19)6-14(18)21/h5,7,9-10,13,20H,4,6,8H2,1-3H3,(H2,18,21)/b17-12-. The number of amides is 1. The first-order valence-corrected chi connectivity index (χ1v) is 9.49. The number of nitrogens with two attached hydrogens (primary N) is 1. The van der Waals surface area contributed by atoms with E-state index in [1.165, 1.54) is 15.4 Å². The lowest BCUT2D eigenvalue weighted by atomic mass is 9.88. The number of allylic oxidation sites excluding steroid dienone is 4. The van der Waals surface area contributed by atoms with Gasteiger partial charge in [0.1, 0.15) is 6.29 Å². The summed E-state index contributed by atoms with van der Waals surface area (Å²) in [6.45, 7) is 6.44. The van der Waals surface area contributed by atoms with Gasteiger partial charge < -0.3 is 10.8 Å². The van der Waals surface area contributed by atoms with Crippen molar-refractivity contribution in [3.8, 4) is 0 Å². The van der Waals surface area contributed by atoms with E-state index in [0.29, 0.717) is 17.8 Å². The van der Waals surface area contributed by atoms with Crippen molar-refractivity contribution in [2.45, 2.75) is 38.9 Å². The number of aliphatic hydroxyl groups is 1. The number of thioether (sulfide) groups is 2. The van der Waals surface area contributed by atoms with Crippen LogP contribution in [0.5, 0.6) is 0 Å². The summed E-state index contributed by atoms with van der Waals surface area (Å²) in [7, 11) is 0. The summed E-state index contributed by atoms with van der Waals surface area (Å²) >= 11 is 3.17. The lowest BCUT2D eigenvalue weighted by Crippen LogP contribution is -2.24. The lowest BCUT2D eigenvalue weighted by Gasteiger charge is -2.37. The van der Waals surface area contributed by atoms with E-state index < -0.39 is 5.91 Å². The van der Waals surface area contributed by atoms with Crippen molar-refractivity contribution in [1.82, 2.24) is 0 Å². The van der Waals surface area contributed by atoms with Crippen LogP contribution in [0.25, 0.3) is 0 Å². The highest BCUT2D eigenvalue weighted by atomic mass is 32.2. The van der Waals surface area contributed by atoms with E-state index in [-0.39, 0.29) is 24.2 Å². The number of aliphatic hydroxyl groups excluding tert-OH is 1. The summed E-state index contributed by atoms with van der Waals surface area (Å²) in [5, 5.41) is 9.56. The molecule has 0 radical (unpaired) electrons. The summed E-state index contributed by atoms with van der Waals surface area (Å²) in [5.74, 6) is 0.0970. The second-order valence-electron chi connectivity index (χ2n) is 5.88. The number of aldehydes is 1. The molecule has 3 N–H and O–H groups in total. The maximum Gasteiger partial charge on any atom is 0.221 e. The summed E-state index contributed by atoms with van der Waals surface area (Å²) in [4.78, 5) is 25.9. The van der Waals surface area contributed by atoms with Crippen molar-refractivity contribution in [2.24, 2.45) is 17.6 Å². The zero-order valence-corrected chi connectivity index (χ0v) is 15.3. The quantitative estimate of drug-likeness (QED) is 0.451. The number of carbonyl (C=O) groups is 2. The Morgan fingerprint density at radius 3 is 2.61 bits per heavy atom. The maximum absolute atomic E-state index is 11.4. The van der Waals surface area contributed by atoms with Crippen LogP contribution in [-0.2, 0) is 9.59 Å². The highest BCUT2D eigenvalue weighted by Gasteiger charge is 2.35. The molecule has 0 spiro atoms. The van der Waals surface area contributed by atoms with Gasteiger partial charge in [0.2, 0.25) is 5.91 Å². The Hall–Kier alpha value is -0.980. The van der Waals surface area contributed by atoms with Gasteiger partial charge in [-0.05, 0) is 6.42 Å². The highest BCUT2D eigenvalue weighted by molar-refractivity contribution is 8.13. The zero-order valence-electron chi connectivity index (χ0n) is 13.7. The molecule has 2 aliphatic rings. The van der Waals surface area contributed by atoms with E-state index in [1.54, 1.807) is 23.5 Å². The van der Waals surface area contributed by atoms with E-state index >= 15 is 0 Å². The van der Waals surface area contributed by atoms with Crippen LogP contribution >= 0.6 is 23.5 Å². The van der Waals surface area contributed by atoms with Gasteiger partial charge in [-0.15, -0.1) is 11.8 Å². The lowest BCUT2D eigenvalue weighted by molar-refractivity contribution is -0.118. The van der Waals surface area contributed by atoms with Gasteiger partial charge in [0.05, 0.1) is 18.3 Å². The molecule has 126 valence electrons. The van der Waals surface area contributed by atoms with Crippen LogP contribution in [0.4, 0.5) is 0 Å². The molecule has 1 heterocycles. The Morgan fingerprint density at radius 2 is 2.09 bits per heavy atom. The average Bonchev–Trinajstić information content (AvgIpc) is 2.54. The molecule has 1 aliphatic carbocycles. The minimum absolute atomic E-state index is 0.0633. The first-order valence-electron chi connectivity index (χ1n) is 7.79. The fourth-order valence-electron chi connectivity index (χ4n) is 3.03. The second kappa shape index (κ2) is 7.73. The van der Waals surface area contributed by atoms with Gasteiger partial charge in [0, 0.05) is 32.1 Å². The number of rotatable bonds is 5. The Balaban J connectivity index is 2.44. The first kappa shape index (κ1) is 18.4. The van der Waals surface area contributed by atoms with Gasteiger partial charge >= 0.3 is 0 Å². The molecular weight excluding hydrogens is 330 g/mol. The van der Waals surface area contributed by atoms with Gasteiger partial charge in [-0.1, -0.05) is 44.2 Å². The molecule has 0 aromatic heterocycles. The minimum atomic E-state index is -0.528. The van der Waals surface area contributed by atoms with Crippen molar-refractivity contribution >= 4 is 35.7 Å². The molecular formula is C17H23NO3S2. The molecule has 3 atom stereocenters. The number of hydrogen-bond donors (Lipinski definition) is 2. The van der Waals surface area contributed by atoms with E-state index in [4.69, 9.17) is 5.73 Å². The summed E-state index contributed by atoms with van der Waals surface area (Å²) in [5.41, 5.74) is 7.06. The molecule has 0 aromatic rings. The fourth-order valence-corrected chi connectivity index (χ4v) is 6.11. The average molecular weight is 354 g/mol. The number of primary amides is 1. The van der Waals surface area contributed by atoms with E-state index in [1.807, 2.05) is 0 Å². The SMILES string of the molecule is CCC1=CC(C)C2=C(SC(CO)/C(=C(/C=O)CC(N)=O)S2)C1C. The summed E-state index contributed by atoms with van der Waals surface area (Å²) in [6.07, 6.45) is 3.93. The number of hydrogen-bond acceptors (Lipinski definition) is 5. The first-order chi connectivity index (χ1) is 10.9. The minimum Gasteiger partial charge on any atom is -0.395 e. The van der Waals surface area contributed by atoms with Gasteiger partial charge in [-0.3, -0.25) is 9.59 Å². The number of carbonyl (C=O) groups excluding carboxylic acids is 2. The molecule has 4 nitrogen and oxygen atoms in total. The van der Waals surface area contributed by atoms with E-state index in [9.17, 15) is 14.7 Å². The molecule has 0 aromatic carbocycles. The van der Waals surface area contributed by atoms with Gasteiger partial charge in [0.15, 0.2) is 0 Å². The predicted octanol–water partition coefficient (Wildman–Crippen LogP) is 2.99. The summed E-state index contributed by atoms with van der Waals surface area (Å²) in [6, 6.07) is 0. The third kappa shape index (κ3) is 3.75. The smallest absolute Gasteiger partial charge is 0.221 e. The normalized spacial score (nSPS) is 29.7. The maximum atomic E-state index is 11.4. The molecule has 6 heteroatoms. The topological polar surface area (TPSA) is 80.4 Å². The van der Waals surface area contributed by atoms with E-state index in [2.05, 4.69) is 26.8 Å². The Labute approximate surface area is 145 Å². The molecule has 1 amide bonds. The predicted molar refractivity (Wildman–Crippen MR) is 96.7 cm³/mol. The Kier molecular flexibility index (Phi) is 6.17. The monoisotopic (exact) mass is 353 g/mol. The van der Waals surface area contributed by atoms with Crippen LogP contribution in [0, 0.1) is 11.8 Å². The molecule has 23 heavy (non-hydrogen) atoms. The molecule has 0 bridgehead atoms. The third-order valence-electron chi connectivity index (χ3n) is 4.25. The van der Waals surface area contributed by atoms with Gasteiger partial charge in [-0.2, -0.15) is 0 Å². The molecule has 0 saturated carbocycles. The molecule has 3 unspecified atom stereocenters. The van der Waals surface area contributed by atoms with Crippen molar-refractivity contribution in [3.05, 3.63) is 31.9 Å². The van der Waals surface area contributed by atoms with Crippen LogP contribution in [0.1, 0.15) is 33.6 Å². The van der Waals surface area contributed by atoms with Gasteiger partial charge in [0.25, 0.3) is 0 Å². The van der Waals surface area contributed by atoms with Crippen molar-refractivity contribution in [2.75, 3.05) is 6.61 Å². The molecule has 2 rings (SSSR count). The van der Waals surface area contributed by atoms with Crippen molar-refractivity contribution in [3.63, 3.8) is 0 Å². The van der Waals surface area contributed by atoms with Crippen LogP contribution in [0.15, 0.2) is 31.9 Å². The Bertz CT molecular complexity index is 607. The van der Waals surface area contributed by atoms with Crippen molar-refractivity contribution in [1.29, 1.82) is 0 Å². The van der Waals surface area contributed by atoms with Crippen LogP contribution in [-0.4, -0.2) is 29.2 Å². The van der Waals surface area contributed by atoms with Gasteiger partial charge in [-0.25, -0.2) is 0 Å². The van der Waals surface area contributed by atoms with Crippen LogP contribution < -0.4 is 5.73 Å². The van der Waals surface area contributed by atoms with Crippen LogP contribution in [0.3, 0.4) is 0 Å². The second-order valence-corrected chi connectivity index (χ2v) is 8.20. The Morgan fingerprint density at radius 1 is 1.39 bits per heavy atom. The summed E-state index contributed by atoms with van der Waals surface area (Å²) < 4.78 is 0.